The van der Waals surface area contributed by atoms with Gasteiger partial charge in [-0.3, -0.25) is 0 Å². The minimum atomic E-state index is -0.750. The first-order valence-corrected chi connectivity index (χ1v) is 0.632. The molecule has 0 saturated heterocycles. The SMILES string of the molecule is N.N.OBO. The first kappa shape index (κ1) is 20.6. The van der Waals surface area contributed by atoms with Crippen LogP contribution in [0.2, 0.25) is 0 Å². The molecule has 0 aromatic heterocycles. The average Bonchev–Trinajstić information content (AvgIpc) is 0.918. The second kappa shape index (κ2) is 40.2. The molecule has 0 radical (unpaired) electrons. The Labute approximate surface area is 31.3 Å². The lowest BCUT2D eigenvalue weighted by Crippen LogP contribution is -1.75. The van der Waals surface area contributed by atoms with Crippen molar-refractivity contribution >= 4 is 7.69 Å². The van der Waals surface area contributed by atoms with Crippen molar-refractivity contribution in [1.82, 2.24) is 12.3 Å². The highest BCUT2D eigenvalue weighted by Gasteiger charge is 1.48. The van der Waals surface area contributed by atoms with E-state index in [0.717, 1.165) is 0 Å². The molecule has 34 valence electrons. The van der Waals surface area contributed by atoms with Gasteiger partial charge in [-0.05, 0) is 0 Å². The molecule has 0 rings (SSSR count). The number of hydrogen-bond acceptors (Lipinski definition) is 4. The summed E-state index contributed by atoms with van der Waals surface area (Å²) in [5.41, 5.74) is 0. The minimum Gasteiger partial charge on any atom is -0.430 e. The summed E-state index contributed by atoms with van der Waals surface area (Å²) in [4.78, 5) is 0. The molecule has 0 aliphatic rings. The zero-order valence-electron chi connectivity index (χ0n) is 3.02. The molecular formula is H9BN2O2. The van der Waals surface area contributed by atoms with E-state index in [9.17, 15) is 0 Å². The highest BCUT2D eigenvalue weighted by atomic mass is 16.4. The summed E-state index contributed by atoms with van der Waals surface area (Å²) in [7, 11) is -0.750. The second-order valence-corrected chi connectivity index (χ2v) is 0.141. The molecule has 0 amide bonds. The molecule has 0 heterocycles. The Morgan fingerprint density at radius 2 is 1.00 bits per heavy atom. The first-order chi connectivity index (χ1) is 1.41. The molecule has 5 heteroatoms. The first-order valence-electron chi connectivity index (χ1n) is 0.632. The molecule has 0 aliphatic carbocycles. The molecule has 0 aliphatic heterocycles. The summed E-state index contributed by atoms with van der Waals surface area (Å²) in [5, 5.41) is 14.2. The van der Waals surface area contributed by atoms with E-state index in [-0.39, 0.29) is 12.3 Å². The summed E-state index contributed by atoms with van der Waals surface area (Å²) in [6, 6.07) is 0. The smallest absolute Gasteiger partial charge is 0.430 e. The summed E-state index contributed by atoms with van der Waals surface area (Å²) in [6.45, 7) is 0. The lowest BCUT2D eigenvalue weighted by Gasteiger charge is -1.48. The predicted octanol–water partition coefficient (Wildman–Crippen LogP) is -1.44. The molecule has 5 heavy (non-hydrogen) atoms. The molecule has 0 unspecified atom stereocenters. The zero-order valence-corrected chi connectivity index (χ0v) is 3.02. The second-order valence-electron chi connectivity index (χ2n) is 0.141. The van der Waals surface area contributed by atoms with Crippen LogP contribution in [0, 0.1) is 0 Å². The van der Waals surface area contributed by atoms with E-state index in [1.807, 2.05) is 0 Å². The van der Waals surface area contributed by atoms with Crippen LogP contribution < -0.4 is 12.3 Å². The van der Waals surface area contributed by atoms with Crippen LogP contribution in [-0.4, -0.2) is 17.7 Å². The van der Waals surface area contributed by atoms with Crippen molar-refractivity contribution in [2.75, 3.05) is 0 Å². The molecule has 0 aromatic carbocycles. The van der Waals surface area contributed by atoms with Gasteiger partial charge in [-0.1, -0.05) is 0 Å². The summed E-state index contributed by atoms with van der Waals surface area (Å²) >= 11 is 0. The monoisotopic (exact) mass is 80.1 g/mol. The maximum absolute atomic E-state index is 7.12. The normalized spacial score (nSPS) is 2.80. The molecule has 0 fully saturated rings. The van der Waals surface area contributed by atoms with Crippen LogP contribution in [0.25, 0.3) is 0 Å². The van der Waals surface area contributed by atoms with Gasteiger partial charge in [0.25, 0.3) is 0 Å². The van der Waals surface area contributed by atoms with Crippen LogP contribution in [0.5, 0.6) is 0 Å². The molecule has 4 nitrogen and oxygen atoms in total. The Hall–Kier alpha value is -0.0951. The Morgan fingerprint density at radius 3 is 1.00 bits per heavy atom. The number of hydrogen-bond donors (Lipinski definition) is 4. The minimum absolute atomic E-state index is 0. The third-order valence-electron chi connectivity index (χ3n) is 0. The fourth-order valence-corrected chi connectivity index (χ4v) is 0. The van der Waals surface area contributed by atoms with Gasteiger partial charge in [-0.15, -0.1) is 0 Å². The summed E-state index contributed by atoms with van der Waals surface area (Å²) in [6.07, 6.45) is 0. The molecule has 0 spiro atoms. The van der Waals surface area contributed by atoms with Gasteiger partial charge in [0, 0.05) is 0 Å². The maximum atomic E-state index is 7.12. The van der Waals surface area contributed by atoms with Crippen LogP contribution in [0.4, 0.5) is 0 Å². The van der Waals surface area contributed by atoms with Crippen LogP contribution in [-0.2, 0) is 0 Å². The van der Waals surface area contributed by atoms with Gasteiger partial charge in [-0.2, -0.15) is 0 Å². The van der Waals surface area contributed by atoms with Gasteiger partial charge >= 0.3 is 7.69 Å². The molecule has 0 atom stereocenters. The lowest BCUT2D eigenvalue weighted by atomic mass is 10.5. The van der Waals surface area contributed by atoms with Crippen molar-refractivity contribution in [3.8, 4) is 0 Å². The molecule has 0 bridgehead atoms. The van der Waals surface area contributed by atoms with Crippen LogP contribution in [0.3, 0.4) is 0 Å². The van der Waals surface area contributed by atoms with Gasteiger partial charge in [0.2, 0.25) is 0 Å². The van der Waals surface area contributed by atoms with Gasteiger partial charge in [-0.25, -0.2) is 0 Å². The molecule has 8 N–H and O–H groups in total. The Bertz CT molecular complexity index is 7.61. The van der Waals surface area contributed by atoms with E-state index in [4.69, 9.17) is 10.0 Å². The largest absolute Gasteiger partial charge is 0.432 e. The zero-order chi connectivity index (χ0) is 2.71. The Morgan fingerprint density at radius 1 is 1.00 bits per heavy atom. The van der Waals surface area contributed by atoms with Crippen molar-refractivity contribution in [1.29, 1.82) is 0 Å². The van der Waals surface area contributed by atoms with E-state index in [1.165, 1.54) is 0 Å². The summed E-state index contributed by atoms with van der Waals surface area (Å²) in [5.74, 6) is 0. The Kier molecular flexibility index (Phi) is 166. The highest BCUT2D eigenvalue weighted by molar-refractivity contribution is 6.13. The van der Waals surface area contributed by atoms with Crippen molar-refractivity contribution in [3.05, 3.63) is 0 Å². The lowest BCUT2D eigenvalue weighted by molar-refractivity contribution is 0.448. The third kappa shape index (κ3) is 1570. The van der Waals surface area contributed by atoms with Crippen LogP contribution in [0.1, 0.15) is 0 Å². The van der Waals surface area contributed by atoms with Gasteiger partial charge in [0.15, 0.2) is 0 Å². The molecular weight excluding hydrogens is 70.8 g/mol. The van der Waals surface area contributed by atoms with Crippen LogP contribution >= 0.6 is 0 Å². The third-order valence-corrected chi connectivity index (χ3v) is 0. The van der Waals surface area contributed by atoms with Gasteiger partial charge < -0.3 is 22.3 Å². The van der Waals surface area contributed by atoms with E-state index >= 15 is 0 Å². The van der Waals surface area contributed by atoms with Crippen molar-refractivity contribution in [3.63, 3.8) is 0 Å². The quantitative estimate of drug-likeness (QED) is 0.267. The summed E-state index contributed by atoms with van der Waals surface area (Å²) < 4.78 is 0. The van der Waals surface area contributed by atoms with Gasteiger partial charge in [0.05, 0.1) is 0 Å². The average molecular weight is 79.9 g/mol. The molecule has 0 saturated carbocycles. The fraction of sp³-hybridized carbons (Fsp3) is 0. The predicted molar refractivity (Wildman–Crippen MR) is 21.6 cm³/mol. The van der Waals surface area contributed by atoms with Crippen molar-refractivity contribution in [2.24, 2.45) is 0 Å². The topological polar surface area (TPSA) is 110 Å². The highest BCUT2D eigenvalue weighted by Crippen LogP contribution is 1.08. The van der Waals surface area contributed by atoms with E-state index < -0.39 is 7.69 Å². The Balaban J connectivity index is -0.0000000200. The van der Waals surface area contributed by atoms with E-state index in [2.05, 4.69) is 0 Å². The van der Waals surface area contributed by atoms with Crippen molar-refractivity contribution < 1.29 is 10.0 Å². The van der Waals surface area contributed by atoms with Crippen LogP contribution in [0.15, 0.2) is 0 Å². The van der Waals surface area contributed by atoms with Crippen molar-refractivity contribution in [2.45, 2.75) is 0 Å². The van der Waals surface area contributed by atoms with Gasteiger partial charge in [0.1, 0.15) is 0 Å². The fourth-order valence-electron chi connectivity index (χ4n) is 0. The maximum Gasteiger partial charge on any atom is 0.432 e. The number of rotatable bonds is 0. The molecule has 0 aromatic rings. The van der Waals surface area contributed by atoms with E-state index in [1.54, 1.807) is 0 Å². The van der Waals surface area contributed by atoms with E-state index in [0.29, 0.717) is 0 Å². The standard InChI is InChI=1S/BH3O2.2H3N/c2-1-3;;/h1-3H;2*1H3.